The standard InChI is InChI=1S/C28H24N2O5S2/c1-19-7-17-25(18-8-19)37(34,35)30-23-13-15-24(16-14-23)36-26(20-5-3-2-4-6-20)27(31)29-22-11-9-21(10-12-22)28(32)33/h2-18,26,30H,1H3,(H,29,31)(H,32,33). The van der Waals surface area contributed by atoms with Gasteiger partial charge in [0.05, 0.1) is 10.5 Å². The molecular weight excluding hydrogens is 508 g/mol. The first kappa shape index (κ1) is 26.0. The number of sulfonamides is 1. The number of aromatic carboxylic acids is 1. The molecule has 4 aromatic carbocycles. The van der Waals surface area contributed by atoms with E-state index in [4.69, 9.17) is 5.11 Å². The molecular formula is C28H24N2O5S2. The van der Waals surface area contributed by atoms with Crippen LogP contribution in [0.2, 0.25) is 0 Å². The van der Waals surface area contributed by atoms with Crippen molar-refractivity contribution >= 4 is 45.0 Å². The van der Waals surface area contributed by atoms with E-state index in [0.29, 0.717) is 11.4 Å². The number of carbonyl (C=O) groups excluding carboxylic acids is 1. The Bertz CT molecular complexity index is 1490. The SMILES string of the molecule is Cc1ccc(S(=O)(=O)Nc2ccc(SC(C(=O)Nc3ccc(C(=O)O)cc3)c3ccccc3)cc2)cc1. The molecule has 9 heteroatoms. The number of amides is 1. The van der Waals surface area contributed by atoms with Crippen LogP contribution >= 0.6 is 11.8 Å². The van der Waals surface area contributed by atoms with E-state index in [1.807, 2.05) is 37.3 Å². The van der Waals surface area contributed by atoms with Gasteiger partial charge in [-0.2, -0.15) is 0 Å². The summed E-state index contributed by atoms with van der Waals surface area (Å²) in [5, 5.41) is 11.3. The molecule has 0 radical (unpaired) electrons. The fourth-order valence-electron chi connectivity index (χ4n) is 3.47. The van der Waals surface area contributed by atoms with Crippen LogP contribution in [0.25, 0.3) is 0 Å². The Morgan fingerprint density at radius 2 is 1.38 bits per heavy atom. The molecule has 0 bridgehead atoms. The molecule has 1 atom stereocenters. The highest BCUT2D eigenvalue weighted by Gasteiger charge is 2.22. The maximum atomic E-state index is 13.2. The highest BCUT2D eigenvalue weighted by atomic mass is 32.2. The average Bonchev–Trinajstić information content (AvgIpc) is 2.89. The lowest BCUT2D eigenvalue weighted by molar-refractivity contribution is -0.115. The largest absolute Gasteiger partial charge is 0.478 e. The molecule has 0 aromatic heterocycles. The molecule has 0 saturated heterocycles. The normalized spacial score (nSPS) is 11.9. The number of anilines is 2. The number of carbonyl (C=O) groups is 2. The van der Waals surface area contributed by atoms with Crippen molar-refractivity contribution in [2.45, 2.75) is 22.0 Å². The van der Waals surface area contributed by atoms with Gasteiger partial charge >= 0.3 is 5.97 Å². The van der Waals surface area contributed by atoms with Gasteiger partial charge in [-0.25, -0.2) is 13.2 Å². The van der Waals surface area contributed by atoms with Crippen molar-refractivity contribution in [3.05, 3.63) is 120 Å². The number of thioether (sulfide) groups is 1. The van der Waals surface area contributed by atoms with Crippen molar-refractivity contribution in [3.63, 3.8) is 0 Å². The summed E-state index contributed by atoms with van der Waals surface area (Å²) in [6, 6.07) is 28.6. The summed E-state index contributed by atoms with van der Waals surface area (Å²) in [5.41, 5.74) is 2.78. The Kier molecular flexibility index (Phi) is 7.95. The van der Waals surface area contributed by atoms with Gasteiger partial charge in [-0.1, -0.05) is 48.0 Å². The second-order valence-electron chi connectivity index (χ2n) is 8.22. The Balaban J connectivity index is 1.50. The minimum absolute atomic E-state index is 0.130. The molecule has 0 aliphatic carbocycles. The molecule has 0 fully saturated rings. The van der Waals surface area contributed by atoms with Gasteiger partial charge in [0.15, 0.2) is 0 Å². The van der Waals surface area contributed by atoms with Crippen LogP contribution in [0.3, 0.4) is 0 Å². The second kappa shape index (κ2) is 11.3. The third kappa shape index (κ3) is 6.78. The lowest BCUT2D eigenvalue weighted by Crippen LogP contribution is -2.19. The number of nitrogens with one attached hydrogen (secondary N) is 2. The van der Waals surface area contributed by atoms with E-state index in [9.17, 15) is 18.0 Å². The van der Waals surface area contributed by atoms with E-state index in [1.165, 1.54) is 23.9 Å². The molecule has 7 nitrogen and oxygen atoms in total. The van der Waals surface area contributed by atoms with Gasteiger partial charge in [-0.05, 0) is 73.2 Å². The molecule has 0 spiro atoms. The second-order valence-corrected chi connectivity index (χ2v) is 11.1. The van der Waals surface area contributed by atoms with Gasteiger partial charge in [0.2, 0.25) is 5.91 Å². The Labute approximate surface area is 219 Å². The summed E-state index contributed by atoms with van der Waals surface area (Å²) in [6.07, 6.45) is 0. The summed E-state index contributed by atoms with van der Waals surface area (Å²) in [5.74, 6) is -1.32. The molecule has 0 aliphatic heterocycles. The summed E-state index contributed by atoms with van der Waals surface area (Å²) >= 11 is 1.32. The summed E-state index contributed by atoms with van der Waals surface area (Å²) < 4.78 is 27.9. The zero-order valence-electron chi connectivity index (χ0n) is 19.8. The average molecular weight is 533 g/mol. The summed E-state index contributed by atoms with van der Waals surface area (Å²) in [7, 11) is -3.72. The van der Waals surface area contributed by atoms with E-state index >= 15 is 0 Å². The summed E-state index contributed by atoms with van der Waals surface area (Å²) in [6.45, 7) is 1.89. The first-order chi connectivity index (χ1) is 17.7. The van der Waals surface area contributed by atoms with Gasteiger partial charge in [0, 0.05) is 16.3 Å². The van der Waals surface area contributed by atoms with Crippen molar-refractivity contribution in [1.29, 1.82) is 0 Å². The van der Waals surface area contributed by atoms with Crippen molar-refractivity contribution < 1.29 is 23.1 Å². The van der Waals surface area contributed by atoms with Crippen molar-refractivity contribution in [2.24, 2.45) is 0 Å². The van der Waals surface area contributed by atoms with Gasteiger partial charge in [-0.15, -0.1) is 11.8 Å². The number of hydrogen-bond acceptors (Lipinski definition) is 5. The first-order valence-corrected chi connectivity index (χ1v) is 13.6. The molecule has 0 aliphatic rings. The number of aryl methyl sites for hydroxylation is 1. The molecule has 37 heavy (non-hydrogen) atoms. The van der Waals surface area contributed by atoms with Crippen LogP contribution in [0.5, 0.6) is 0 Å². The van der Waals surface area contributed by atoms with Gasteiger partial charge in [0.1, 0.15) is 5.25 Å². The van der Waals surface area contributed by atoms with Crippen molar-refractivity contribution in [1.82, 2.24) is 0 Å². The first-order valence-electron chi connectivity index (χ1n) is 11.3. The molecule has 0 heterocycles. The fourth-order valence-corrected chi connectivity index (χ4v) is 5.56. The van der Waals surface area contributed by atoms with E-state index in [0.717, 1.165) is 16.0 Å². The Hall–Kier alpha value is -4.08. The Morgan fingerprint density at radius 1 is 0.784 bits per heavy atom. The zero-order valence-corrected chi connectivity index (χ0v) is 21.4. The minimum atomic E-state index is -3.72. The van der Waals surface area contributed by atoms with Crippen LogP contribution in [-0.4, -0.2) is 25.4 Å². The van der Waals surface area contributed by atoms with E-state index in [-0.39, 0.29) is 16.4 Å². The number of carboxylic acids is 1. The highest BCUT2D eigenvalue weighted by Crippen LogP contribution is 2.37. The van der Waals surface area contributed by atoms with E-state index < -0.39 is 21.2 Å². The maximum absolute atomic E-state index is 13.2. The fraction of sp³-hybridized carbons (Fsp3) is 0.0714. The molecule has 1 amide bonds. The van der Waals surface area contributed by atoms with Gasteiger partial charge in [-0.3, -0.25) is 9.52 Å². The smallest absolute Gasteiger partial charge is 0.335 e. The van der Waals surface area contributed by atoms with Crippen LogP contribution in [0.1, 0.15) is 26.7 Å². The van der Waals surface area contributed by atoms with Gasteiger partial charge in [0.25, 0.3) is 10.0 Å². The predicted octanol–water partition coefficient (Wildman–Crippen LogP) is 5.97. The topological polar surface area (TPSA) is 113 Å². The molecule has 4 rings (SSSR count). The predicted molar refractivity (Wildman–Crippen MR) is 146 cm³/mol. The highest BCUT2D eigenvalue weighted by molar-refractivity contribution is 8.00. The lowest BCUT2D eigenvalue weighted by atomic mass is 10.1. The molecule has 4 aromatic rings. The summed E-state index contributed by atoms with van der Waals surface area (Å²) in [4.78, 5) is 25.3. The minimum Gasteiger partial charge on any atom is -0.478 e. The van der Waals surface area contributed by atoms with Crippen LogP contribution in [0.4, 0.5) is 11.4 Å². The molecule has 0 saturated carbocycles. The number of hydrogen-bond donors (Lipinski definition) is 3. The molecule has 188 valence electrons. The van der Waals surface area contributed by atoms with Crippen LogP contribution in [-0.2, 0) is 14.8 Å². The van der Waals surface area contributed by atoms with Crippen molar-refractivity contribution in [2.75, 3.05) is 10.0 Å². The van der Waals surface area contributed by atoms with Crippen molar-refractivity contribution in [3.8, 4) is 0 Å². The van der Waals surface area contributed by atoms with Crippen LogP contribution in [0, 0.1) is 6.92 Å². The molecule has 3 N–H and O–H groups in total. The maximum Gasteiger partial charge on any atom is 0.335 e. The van der Waals surface area contributed by atoms with E-state index in [2.05, 4.69) is 10.0 Å². The number of benzene rings is 4. The Morgan fingerprint density at radius 3 is 1.97 bits per heavy atom. The number of carboxylic acid groups (broad SMARTS) is 1. The lowest BCUT2D eigenvalue weighted by Gasteiger charge is -2.17. The third-order valence-corrected chi connectivity index (χ3v) is 8.10. The monoisotopic (exact) mass is 532 g/mol. The van der Waals surface area contributed by atoms with Gasteiger partial charge < -0.3 is 10.4 Å². The van der Waals surface area contributed by atoms with Crippen LogP contribution < -0.4 is 10.0 Å². The third-order valence-electron chi connectivity index (χ3n) is 5.43. The molecule has 1 unspecified atom stereocenters. The van der Waals surface area contributed by atoms with Crippen LogP contribution in [0.15, 0.2) is 113 Å². The quantitative estimate of drug-likeness (QED) is 0.229. The number of rotatable bonds is 9. The van der Waals surface area contributed by atoms with E-state index in [1.54, 1.807) is 60.7 Å². The zero-order chi connectivity index (χ0) is 26.4.